The molecule has 0 saturated carbocycles. The highest BCUT2D eigenvalue weighted by atomic mass is 16.2. The summed E-state index contributed by atoms with van der Waals surface area (Å²) in [5.74, 6) is 0.287. The second-order valence-corrected chi connectivity index (χ2v) is 6.82. The molecule has 0 bridgehead atoms. The van der Waals surface area contributed by atoms with Crippen molar-refractivity contribution in [1.29, 1.82) is 0 Å². The number of pyridine rings is 1. The van der Waals surface area contributed by atoms with Crippen molar-refractivity contribution < 1.29 is 9.59 Å². The van der Waals surface area contributed by atoms with E-state index in [1.807, 2.05) is 36.5 Å². The Morgan fingerprint density at radius 1 is 1.14 bits per heavy atom. The number of carbonyl (C=O) groups excluding carboxylic acids is 2. The Labute approximate surface area is 168 Å². The van der Waals surface area contributed by atoms with E-state index in [2.05, 4.69) is 20.7 Å². The number of rotatable bonds is 5. The van der Waals surface area contributed by atoms with Crippen LogP contribution in [0.5, 0.6) is 0 Å². The fourth-order valence-electron chi connectivity index (χ4n) is 3.49. The molecule has 0 radical (unpaired) electrons. The predicted octanol–water partition coefficient (Wildman–Crippen LogP) is 2.55. The summed E-state index contributed by atoms with van der Waals surface area (Å²) in [6, 6.07) is 12.2. The third-order valence-corrected chi connectivity index (χ3v) is 4.98. The number of carbonyl (C=O) groups is 2. The molecule has 2 N–H and O–H groups in total. The largest absolute Gasteiger partial charge is 0.373 e. The van der Waals surface area contributed by atoms with Crippen LogP contribution in [0.3, 0.4) is 0 Å². The van der Waals surface area contributed by atoms with Crippen LogP contribution in [-0.4, -0.2) is 51.1 Å². The molecule has 2 aromatic heterocycles. The average molecular weight is 390 g/mol. The lowest BCUT2D eigenvalue weighted by Crippen LogP contribution is -2.43. The average Bonchev–Trinajstić information content (AvgIpc) is 3.46. The first-order valence-electron chi connectivity index (χ1n) is 9.51. The van der Waals surface area contributed by atoms with Crippen LogP contribution in [-0.2, 0) is 4.79 Å². The maximum absolute atomic E-state index is 12.9. The lowest BCUT2D eigenvalue weighted by Gasteiger charge is -2.24. The summed E-state index contributed by atoms with van der Waals surface area (Å²) in [7, 11) is 1.75. The number of nitrogens with one attached hydrogen (secondary N) is 2. The fraction of sp³-hybridized carbons (Fsp3) is 0.238. The van der Waals surface area contributed by atoms with E-state index in [0.717, 1.165) is 12.1 Å². The monoisotopic (exact) mass is 390 g/mol. The third-order valence-electron chi connectivity index (χ3n) is 4.98. The van der Waals surface area contributed by atoms with Crippen LogP contribution in [0.4, 0.5) is 11.5 Å². The topological polar surface area (TPSA) is 92.2 Å². The minimum absolute atomic E-state index is 0.157. The molecule has 2 amide bonds. The molecule has 1 fully saturated rings. The fourth-order valence-corrected chi connectivity index (χ4v) is 3.49. The smallest absolute Gasteiger partial charge is 0.254 e. The zero-order valence-corrected chi connectivity index (χ0v) is 16.1. The maximum Gasteiger partial charge on any atom is 0.254 e. The van der Waals surface area contributed by atoms with Gasteiger partial charge in [0.05, 0.1) is 5.69 Å². The van der Waals surface area contributed by atoms with Crippen molar-refractivity contribution >= 4 is 23.3 Å². The van der Waals surface area contributed by atoms with Crippen molar-refractivity contribution in [3.63, 3.8) is 0 Å². The van der Waals surface area contributed by atoms with Gasteiger partial charge in [-0.3, -0.25) is 9.59 Å². The zero-order chi connectivity index (χ0) is 20.2. The Hall–Kier alpha value is -3.68. The summed E-state index contributed by atoms with van der Waals surface area (Å²) < 4.78 is 1.75. The van der Waals surface area contributed by atoms with E-state index >= 15 is 0 Å². The Balaban J connectivity index is 1.45. The van der Waals surface area contributed by atoms with Gasteiger partial charge in [0.15, 0.2) is 0 Å². The molecule has 3 heterocycles. The maximum atomic E-state index is 12.9. The summed E-state index contributed by atoms with van der Waals surface area (Å²) in [6.45, 7) is 0.562. The van der Waals surface area contributed by atoms with Gasteiger partial charge in [0, 0.05) is 43.4 Å². The van der Waals surface area contributed by atoms with E-state index in [1.54, 1.807) is 41.2 Å². The summed E-state index contributed by atoms with van der Waals surface area (Å²) in [6.07, 6.45) is 6.60. The summed E-state index contributed by atoms with van der Waals surface area (Å²) in [5, 5.41) is 10.0. The van der Waals surface area contributed by atoms with Crippen LogP contribution in [0.1, 0.15) is 23.2 Å². The SMILES string of the molecule is CNc1cc(C(=O)N2CCCC2C(=O)Nc2ccc(-n3cccn3)cc2)ccn1. The highest BCUT2D eigenvalue weighted by molar-refractivity contribution is 6.01. The number of hydrogen-bond acceptors (Lipinski definition) is 5. The van der Waals surface area contributed by atoms with Gasteiger partial charge in [0.2, 0.25) is 5.91 Å². The first-order chi connectivity index (χ1) is 14.2. The van der Waals surface area contributed by atoms with E-state index < -0.39 is 6.04 Å². The van der Waals surface area contributed by atoms with Gasteiger partial charge in [-0.2, -0.15) is 5.10 Å². The van der Waals surface area contributed by atoms with E-state index in [1.165, 1.54) is 0 Å². The zero-order valence-electron chi connectivity index (χ0n) is 16.1. The van der Waals surface area contributed by atoms with Crippen molar-refractivity contribution in [3.05, 3.63) is 66.6 Å². The van der Waals surface area contributed by atoms with Crippen molar-refractivity contribution in [3.8, 4) is 5.69 Å². The number of likely N-dealkylation sites (tertiary alicyclic amines) is 1. The van der Waals surface area contributed by atoms with Crippen molar-refractivity contribution in [2.45, 2.75) is 18.9 Å². The second kappa shape index (κ2) is 8.14. The van der Waals surface area contributed by atoms with Gasteiger partial charge >= 0.3 is 0 Å². The van der Waals surface area contributed by atoms with Gasteiger partial charge in [-0.1, -0.05) is 0 Å². The minimum Gasteiger partial charge on any atom is -0.373 e. The highest BCUT2D eigenvalue weighted by Gasteiger charge is 2.34. The molecular weight excluding hydrogens is 368 g/mol. The lowest BCUT2D eigenvalue weighted by molar-refractivity contribution is -0.119. The lowest BCUT2D eigenvalue weighted by atomic mass is 10.1. The van der Waals surface area contributed by atoms with E-state index in [-0.39, 0.29) is 11.8 Å². The molecule has 1 aliphatic heterocycles. The van der Waals surface area contributed by atoms with Gasteiger partial charge in [0.25, 0.3) is 5.91 Å². The molecular formula is C21H22N6O2. The Morgan fingerprint density at radius 3 is 2.69 bits per heavy atom. The molecule has 4 rings (SSSR count). The number of hydrogen-bond donors (Lipinski definition) is 2. The molecule has 1 unspecified atom stereocenters. The molecule has 148 valence electrons. The molecule has 8 heteroatoms. The Morgan fingerprint density at radius 2 is 1.97 bits per heavy atom. The quantitative estimate of drug-likeness (QED) is 0.699. The molecule has 29 heavy (non-hydrogen) atoms. The van der Waals surface area contributed by atoms with Crippen LogP contribution >= 0.6 is 0 Å². The van der Waals surface area contributed by atoms with Crippen LogP contribution in [0.15, 0.2) is 61.1 Å². The van der Waals surface area contributed by atoms with Crippen molar-refractivity contribution in [2.75, 3.05) is 24.2 Å². The van der Waals surface area contributed by atoms with Crippen molar-refractivity contribution in [2.24, 2.45) is 0 Å². The molecule has 8 nitrogen and oxygen atoms in total. The molecule has 1 atom stereocenters. The van der Waals surface area contributed by atoms with Crippen LogP contribution in [0.2, 0.25) is 0 Å². The minimum atomic E-state index is -0.487. The van der Waals surface area contributed by atoms with Crippen LogP contribution in [0.25, 0.3) is 5.69 Å². The first-order valence-corrected chi connectivity index (χ1v) is 9.51. The normalized spacial score (nSPS) is 15.9. The number of nitrogens with zero attached hydrogens (tertiary/aromatic N) is 4. The third kappa shape index (κ3) is 3.96. The highest BCUT2D eigenvalue weighted by Crippen LogP contribution is 2.23. The summed E-state index contributed by atoms with van der Waals surface area (Å²) in [5.41, 5.74) is 2.11. The Kier molecular flexibility index (Phi) is 5.24. The van der Waals surface area contributed by atoms with Crippen LogP contribution in [0, 0.1) is 0 Å². The number of anilines is 2. The molecule has 0 spiro atoms. The molecule has 1 aromatic carbocycles. The van der Waals surface area contributed by atoms with Gasteiger partial charge < -0.3 is 15.5 Å². The number of amides is 2. The van der Waals surface area contributed by atoms with E-state index in [0.29, 0.717) is 30.0 Å². The number of aromatic nitrogens is 3. The standard InChI is InChI=1S/C21H22N6O2/c1-22-19-14-15(9-11-23-19)21(29)26-12-2-4-18(26)20(28)25-16-5-7-17(8-6-16)27-13-3-10-24-27/h3,5-11,13-14,18H,2,4,12H2,1H3,(H,22,23)(H,25,28). The van der Waals surface area contributed by atoms with Gasteiger partial charge in [-0.15, -0.1) is 0 Å². The predicted molar refractivity (Wildman–Crippen MR) is 110 cm³/mol. The number of benzene rings is 1. The summed E-state index contributed by atoms with van der Waals surface area (Å²) >= 11 is 0. The molecule has 0 aliphatic carbocycles. The van der Waals surface area contributed by atoms with Gasteiger partial charge in [0.1, 0.15) is 11.9 Å². The summed E-state index contributed by atoms with van der Waals surface area (Å²) in [4.78, 5) is 31.6. The van der Waals surface area contributed by atoms with Crippen molar-refractivity contribution in [1.82, 2.24) is 19.7 Å². The van der Waals surface area contributed by atoms with Gasteiger partial charge in [-0.25, -0.2) is 9.67 Å². The second-order valence-electron chi connectivity index (χ2n) is 6.82. The van der Waals surface area contributed by atoms with Gasteiger partial charge in [-0.05, 0) is 55.3 Å². The van der Waals surface area contributed by atoms with E-state index in [9.17, 15) is 9.59 Å². The molecule has 1 aliphatic rings. The Bertz CT molecular complexity index is 1000. The molecule has 1 saturated heterocycles. The van der Waals surface area contributed by atoms with Crippen LogP contribution < -0.4 is 10.6 Å². The molecule has 3 aromatic rings. The van der Waals surface area contributed by atoms with E-state index in [4.69, 9.17) is 0 Å². The first kappa shape index (κ1) is 18.7.